The Labute approximate surface area is 221 Å². The molecule has 1 fully saturated rings. The molecule has 4 rings (SSSR count). The third-order valence-electron chi connectivity index (χ3n) is 7.00. The fraction of sp³-hybridized carbons (Fsp3) is 0.379. The maximum atomic E-state index is 13.2. The number of hydrogen-bond acceptors (Lipinski definition) is 4. The molecule has 3 aromatic rings. The number of unbranched alkanes of at least 4 members (excludes halogenated alkanes) is 2. The van der Waals surface area contributed by atoms with E-state index in [1.807, 2.05) is 24.3 Å². The lowest BCUT2D eigenvalue weighted by atomic mass is 9.86. The highest BCUT2D eigenvalue weighted by atomic mass is 35.5. The van der Waals surface area contributed by atoms with Gasteiger partial charge in [-0.15, -0.1) is 0 Å². The molecule has 0 radical (unpaired) electrons. The first kappa shape index (κ1) is 26.6. The number of carboxylic acid groups (broad SMARTS) is 1. The lowest BCUT2D eigenvalue weighted by Gasteiger charge is -2.33. The number of likely N-dealkylation sites (tertiary alicyclic amines) is 1. The molecule has 0 spiro atoms. The summed E-state index contributed by atoms with van der Waals surface area (Å²) in [6.07, 6.45) is 4.92. The first-order valence-corrected chi connectivity index (χ1v) is 13.2. The van der Waals surface area contributed by atoms with Crippen molar-refractivity contribution < 1.29 is 14.7 Å². The maximum absolute atomic E-state index is 13.2. The van der Waals surface area contributed by atoms with Crippen LogP contribution in [-0.4, -0.2) is 44.5 Å². The average molecular weight is 522 g/mol. The van der Waals surface area contributed by atoms with Gasteiger partial charge in [-0.05, 0) is 48.9 Å². The van der Waals surface area contributed by atoms with Gasteiger partial charge in [0, 0.05) is 36.2 Å². The van der Waals surface area contributed by atoms with Gasteiger partial charge in [0.15, 0.2) is 0 Å². The minimum Gasteiger partial charge on any atom is -0.478 e. The number of amides is 1. The summed E-state index contributed by atoms with van der Waals surface area (Å²) in [4.78, 5) is 44.6. The van der Waals surface area contributed by atoms with Crippen molar-refractivity contribution in [1.29, 1.82) is 0 Å². The van der Waals surface area contributed by atoms with Gasteiger partial charge in [-0.2, -0.15) is 0 Å². The van der Waals surface area contributed by atoms with Gasteiger partial charge < -0.3 is 10.0 Å². The molecule has 0 saturated carbocycles. The summed E-state index contributed by atoms with van der Waals surface area (Å²) >= 11 is 6.01. The normalized spacial score (nSPS) is 14.1. The van der Waals surface area contributed by atoms with Gasteiger partial charge in [-0.1, -0.05) is 61.7 Å². The van der Waals surface area contributed by atoms with Gasteiger partial charge in [0.05, 0.1) is 11.3 Å². The second-order valence-electron chi connectivity index (χ2n) is 9.49. The first-order chi connectivity index (χ1) is 17.9. The van der Waals surface area contributed by atoms with Gasteiger partial charge in [0.2, 0.25) is 5.91 Å². The van der Waals surface area contributed by atoms with Gasteiger partial charge >= 0.3 is 5.97 Å². The molecule has 1 aliphatic heterocycles. The first-order valence-electron chi connectivity index (χ1n) is 12.8. The second-order valence-corrected chi connectivity index (χ2v) is 9.93. The number of aromatic carboxylic acids is 1. The summed E-state index contributed by atoms with van der Waals surface area (Å²) in [6.45, 7) is 3.11. The number of carbonyl (C=O) groups is 2. The summed E-state index contributed by atoms with van der Waals surface area (Å²) in [5, 5.41) is 10.1. The maximum Gasteiger partial charge on any atom is 0.335 e. The largest absolute Gasteiger partial charge is 0.478 e. The molecule has 1 amide bonds. The van der Waals surface area contributed by atoms with Crippen LogP contribution in [0.5, 0.6) is 0 Å². The number of aromatic nitrogens is 2. The predicted octanol–water partition coefficient (Wildman–Crippen LogP) is 5.40. The summed E-state index contributed by atoms with van der Waals surface area (Å²) in [5.41, 5.74) is 2.28. The fourth-order valence-corrected chi connectivity index (χ4v) is 5.06. The Morgan fingerprint density at radius 3 is 2.43 bits per heavy atom. The van der Waals surface area contributed by atoms with Crippen LogP contribution in [0.4, 0.5) is 0 Å². The molecule has 7 nitrogen and oxygen atoms in total. The Kier molecular flexibility index (Phi) is 8.77. The molecule has 0 unspecified atom stereocenters. The molecule has 8 heteroatoms. The molecule has 0 bridgehead atoms. The van der Waals surface area contributed by atoms with Crippen molar-refractivity contribution in [3.05, 3.63) is 86.9 Å². The van der Waals surface area contributed by atoms with Crippen molar-refractivity contribution >= 4 is 23.5 Å². The molecule has 2 aromatic carbocycles. The van der Waals surface area contributed by atoms with Crippen LogP contribution >= 0.6 is 11.6 Å². The predicted molar refractivity (Wildman–Crippen MR) is 144 cm³/mol. The quantitative estimate of drug-likeness (QED) is 0.380. The number of benzene rings is 2. The highest BCUT2D eigenvalue weighted by molar-refractivity contribution is 6.30. The molecule has 0 aliphatic carbocycles. The van der Waals surface area contributed by atoms with Crippen LogP contribution in [0.25, 0.3) is 11.3 Å². The number of carbonyl (C=O) groups excluding carboxylic acids is 1. The number of halogens is 1. The van der Waals surface area contributed by atoms with Crippen LogP contribution in [0.3, 0.4) is 0 Å². The van der Waals surface area contributed by atoms with E-state index in [1.165, 1.54) is 10.6 Å². The standard InChI is InChI=1S/C29H32ClN3O4/c1-2-3-4-9-26-31-25(21-10-12-22(30)13-11-21)18-27(34)33(26)19-28(35)32-16-14-20(15-17-32)23-7-5-6-8-24(23)29(36)37/h5-8,10-13,18,20H,2-4,9,14-17,19H2,1H3,(H,36,37). The summed E-state index contributed by atoms with van der Waals surface area (Å²) in [5.74, 6) is -0.350. The van der Waals surface area contributed by atoms with Crippen LogP contribution in [-0.2, 0) is 17.8 Å². The van der Waals surface area contributed by atoms with E-state index in [4.69, 9.17) is 16.6 Å². The van der Waals surface area contributed by atoms with E-state index < -0.39 is 5.97 Å². The lowest BCUT2D eigenvalue weighted by Crippen LogP contribution is -2.42. The fourth-order valence-electron chi connectivity index (χ4n) is 4.94. The monoisotopic (exact) mass is 521 g/mol. The van der Waals surface area contributed by atoms with Gasteiger partial charge in [-0.25, -0.2) is 9.78 Å². The molecule has 194 valence electrons. The van der Waals surface area contributed by atoms with Crippen LogP contribution in [0, 0.1) is 0 Å². The highest BCUT2D eigenvalue weighted by Crippen LogP contribution is 2.30. The molecule has 0 atom stereocenters. The zero-order valence-corrected chi connectivity index (χ0v) is 21.8. The number of aryl methyl sites for hydroxylation is 1. The number of piperidine rings is 1. The van der Waals surface area contributed by atoms with E-state index in [2.05, 4.69) is 6.92 Å². The third-order valence-corrected chi connectivity index (χ3v) is 7.26. The Morgan fingerprint density at radius 1 is 1.05 bits per heavy atom. The van der Waals surface area contributed by atoms with E-state index in [0.717, 1.165) is 30.4 Å². The van der Waals surface area contributed by atoms with E-state index in [-0.39, 0.29) is 23.9 Å². The Hall–Kier alpha value is -3.45. The highest BCUT2D eigenvalue weighted by Gasteiger charge is 2.27. The van der Waals surface area contributed by atoms with Crippen molar-refractivity contribution in [1.82, 2.24) is 14.5 Å². The van der Waals surface area contributed by atoms with E-state index >= 15 is 0 Å². The summed E-state index contributed by atoms with van der Waals surface area (Å²) < 4.78 is 1.50. The van der Waals surface area contributed by atoms with Gasteiger partial charge in [0.1, 0.15) is 12.4 Å². The van der Waals surface area contributed by atoms with Crippen molar-refractivity contribution in [2.24, 2.45) is 0 Å². The number of rotatable bonds is 9. The molecule has 2 heterocycles. The Morgan fingerprint density at radius 2 is 1.76 bits per heavy atom. The Balaban J connectivity index is 1.50. The number of carboxylic acids is 1. The minimum absolute atomic E-state index is 0.0510. The van der Waals surface area contributed by atoms with Crippen LogP contribution in [0.1, 0.15) is 66.7 Å². The molecular formula is C29H32ClN3O4. The SMILES string of the molecule is CCCCCc1nc(-c2ccc(Cl)cc2)cc(=O)n1CC(=O)N1CCC(c2ccccc2C(=O)O)CC1. The van der Waals surface area contributed by atoms with E-state index in [1.54, 1.807) is 29.2 Å². The second kappa shape index (κ2) is 12.2. The topological polar surface area (TPSA) is 92.5 Å². The average Bonchev–Trinajstić information content (AvgIpc) is 2.91. The molecule has 1 aliphatic rings. The summed E-state index contributed by atoms with van der Waals surface area (Å²) in [6, 6.07) is 15.8. The van der Waals surface area contributed by atoms with E-state index in [9.17, 15) is 19.5 Å². The minimum atomic E-state index is -0.932. The molecule has 1 aromatic heterocycles. The van der Waals surface area contributed by atoms with Crippen LogP contribution in [0.2, 0.25) is 5.02 Å². The smallest absolute Gasteiger partial charge is 0.335 e. The zero-order valence-electron chi connectivity index (χ0n) is 21.0. The zero-order chi connectivity index (χ0) is 26.4. The van der Waals surface area contributed by atoms with Crippen molar-refractivity contribution in [3.8, 4) is 11.3 Å². The Bertz CT molecular complexity index is 1310. The third kappa shape index (κ3) is 6.46. The van der Waals surface area contributed by atoms with Crippen molar-refractivity contribution in [2.75, 3.05) is 13.1 Å². The molecule has 1 N–H and O–H groups in total. The van der Waals surface area contributed by atoms with E-state index in [0.29, 0.717) is 54.5 Å². The molecular weight excluding hydrogens is 490 g/mol. The van der Waals surface area contributed by atoms with Gasteiger partial charge in [0.25, 0.3) is 5.56 Å². The van der Waals surface area contributed by atoms with Gasteiger partial charge in [-0.3, -0.25) is 14.2 Å². The van der Waals surface area contributed by atoms with Crippen LogP contribution in [0.15, 0.2) is 59.4 Å². The van der Waals surface area contributed by atoms with Crippen molar-refractivity contribution in [3.63, 3.8) is 0 Å². The number of nitrogens with zero attached hydrogens (tertiary/aromatic N) is 3. The molecule has 1 saturated heterocycles. The lowest BCUT2D eigenvalue weighted by molar-refractivity contribution is -0.133. The summed E-state index contributed by atoms with van der Waals surface area (Å²) in [7, 11) is 0. The number of hydrogen-bond donors (Lipinski definition) is 1. The van der Waals surface area contributed by atoms with Crippen molar-refractivity contribution in [2.45, 2.75) is 57.9 Å². The van der Waals surface area contributed by atoms with Crippen LogP contribution < -0.4 is 5.56 Å². The molecule has 37 heavy (non-hydrogen) atoms.